The molecular formula is C17H16FNO5. The fourth-order valence-electron chi connectivity index (χ4n) is 1.82. The molecule has 0 bridgehead atoms. The molecule has 6 nitrogen and oxygen atoms in total. The Balaban J connectivity index is 1.66. The highest BCUT2D eigenvalue weighted by atomic mass is 19.1. The first-order valence-corrected chi connectivity index (χ1v) is 7.16. The molecule has 0 saturated heterocycles. The summed E-state index contributed by atoms with van der Waals surface area (Å²) in [5.41, 5.74) is 0.227. The van der Waals surface area contributed by atoms with E-state index in [0.717, 1.165) is 0 Å². The van der Waals surface area contributed by atoms with E-state index in [-0.39, 0.29) is 36.8 Å². The molecule has 126 valence electrons. The quantitative estimate of drug-likeness (QED) is 0.597. The molecule has 0 saturated carbocycles. The van der Waals surface area contributed by atoms with Gasteiger partial charge in [0.1, 0.15) is 25.5 Å². The van der Waals surface area contributed by atoms with Crippen LogP contribution in [0.3, 0.4) is 0 Å². The third-order valence-electron chi connectivity index (χ3n) is 2.94. The molecule has 7 heteroatoms. The molecule has 0 heterocycles. The SMILES string of the molecule is O=C(CNC(=O)c1cccc(O)c1)OCCOc1ccccc1F. The molecule has 24 heavy (non-hydrogen) atoms. The van der Waals surface area contributed by atoms with E-state index < -0.39 is 17.7 Å². The van der Waals surface area contributed by atoms with Crippen LogP contribution < -0.4 is 10.1 Å². The number of benzene rings is 2. The van der Waals surface area contributed by atoms with Crippen molar-refractivity contribution in [3.8, 4) is 11.5 Å². The van der Waals surface area contributed by atoms with Gasteiger partial charge in [-0.15, -0.1) is 0 Å². The van der Waals surface area contributed by atoms with Crippen LogP contribution in [0.25, 0.3) is 0 Å². The van der Waals surface area contributed by atoms with Gasteiger partial charge in [-0.1, -0.05) is 18.2 Å². The Morgan fingerprint density at radius 1 is 1.08 bits per heavy atom. The second kappa shape index (κ2) is 8.52. The summed E-state index contributed by atoms with van der Waals surface area (Å²) in [4.78, 5) is 23.3. The lowest BCUT2D eigenvalue weighted by Gasteiger charge is -2.09. The van der Waals surface area contributed by atoms with Crippen molar-refractivity contribution < 1.29 is 28.6 Å². The highest BCUT2D eigenvalue weighted by molar-refractivity contribution is 5.96. The maximum absolute atomic E-state index is 13.3. The van der Waals surface area contributed by atoms with Gasteiger partial charge in [0.05, 0.1) is 0 Å². The molecule has 0 atom stereocenters. The molecule has 0 fully saturated rings. The molecule has 0 aliphatic rings. The minimum atomic E-state index is -0.652. The molecule has 0 aliphatic heterocycles. The summed E-state index contributed by atoms with van der Waals surface area (Å²) in [6.45, 7) is -0.406. The highest BCUT2D eigenvalue weighted by Gasteiger charge is 2.09. The maximum atomic E-state index is 13.3. The Bertz CT molecular complexity index is 720. The summed E-state index contributed by atoms with van der Waals surface area (Å²) < 4.78 is 23.3. The van der Waals surface area contributed by atoms with Crippen LogP contribution in [0.2, 0.25) is 0 Å². The summed E-state index contributed by atoms with van der Waals surface area (Å²) in [7, 11) is 0. The molecule has 0 unspecified atom stereocenters. The van der Waals surface area contributed by atoms with Gasteiger partial charge in [-0.2, -0.15) is 0 Å². The van der Waals surface area contributed by atoms with Crippen LogP contribution in [-0.4, -0.2) is 36.7 Å². The smallest absolute Gasteiger partial charge is 0.325 e. The molecular weight excluding hydrogens is 317 g/mol. The number of halogens is 1. The van der Waals surface area contributed by atoms with E-state index in [1.54, 1.807) is 6.07 Å². The van der Waals surface area contributed by atoms with Crippen molar-refractivity contribution in [3.63, 3.8) is 0 Å². The van der Waals surface area contributed by atoms with E-state index >= 15 is 0 Å². The standard InChI is InChI=1S/C17H16FNO5/c18-14-6-1-2-7-15(14)23-8-9-24-16(21)11-19-17(22)12-4-3-5-13(20)10-12/h1-7,10,20H,8-9,11H2,(H,19,22). The zero-order valence-electron chi connectivity index (χ0n) is 12.7. The minimum Gasteiger partial charge on any atom is -0.508 e. The molecule has 0 radical (unpaired) electrons. The van der Waals surface area contributed by atoms with Crippen molar-refractivity contribution in [1.29, 1.82) is 0 Å². The number of hydrogen-bond acceptors (Lipinski definition) is 5. The van der Waals surface area contributed by atoms with Crippen molar-refractivity contribution in [3.05, 3.63) is 59.9 Å². The number of para-hydroxylation sites is 1. The van der Waals surface area contributed by atoms with Crippen LogP contribution in [0.1, 0.15) is 10.4 Å². The zero-order chi connectivity index (χ0) is 17.4. The number of aromatic hydroxyl groups is 1. The van der Waals surface area contributed by atoms with Crippen molar-refractivity contribution in [2.45, 2.75) is 0 Å². The summed E-state index contributed by atoms with van der Waals surface area (Å²) >= 11 is 0. The van der Waals surface area contributed by atoms with E-state index in [0.29, 0.717) is 0 Å². The van der Waals surface area contributed by atoms with E-state index in [4.69, 9.17) is 9.47 Å². The van der Waals surface area contributed by atoms with E-state index in [9.17, 15) is 19.1 Å². The molecule has 1 amide bonds. The average molecular weight is 333 g/mol. The first-order chi connectivity index (χ1) is 11.6. The van der Waals surface area contributed by atoms with Gasteiger partial charge >= 0.3 is 5.97 Å². The number of phenolic OH excluding ortho intramolecular Hbond substituents is 1. The van der Waals surface area contributed by atoms with Crippen molar-refractivity contribution in [2.24, 2.45) is 0 Å². The number of amides is 1. The minimum absolute atomic E-state index is 0.00677. The van der Waals surface area contributed by atoms with Crippen LogP contribution in [0, 0.1) is 5.82 Å². The van der Waals surface area contributed by atoms with Gasteiger partial charge in [0.2, 0.25) is 0 Å². The van der Waals surface area contributed by atoms with Gasteiger partial charge < -0.3 is 19.9 Å². The van der Waals surface area contributed by atoms with Crippen LogP contribution >= 0.6 is 0 Å². The van der Waals surface area contributed by atoms with Crippen LogP contribution in [-0.2, 0) is 9.53 Å². The number of carbonyl (C=O) groups is 2. The van der Waals surface area contributed by atoms with Crippen LogP contribution in [0.5, 0.6) is 11.5 Å². The number of hydrogen-bond donors (Lipinski definition) is 2. The first-order valence-electron chi connectivity index (χ1n) is 7.16. The Labute approximate surface area is 137 Å². The Morgan fingerprint density at radius 2 is 1.88 bits per heavy atom. The third-order valence-corrected chi connectivity index (χ3v) is 2.94. The molecule has 0 aliphatic carbocycles. The Hall–Kier alpha value is -3.09. The lowest BCUT2D eigenvalue weighted by atomic mass is 10.2. The maximum Gasteiger partial charge on any atom is 0.325 e. The van der Waals surface area contributed by atoms with E-state index in [2.05, 4.69) is 5.32 Å². The van der Waals surface area contributed by atoms with Gasteiger partial charge in [-0.05, 0) is 30.3 Å². The molecule has 2 aromatic carbocycles. The predicted octanol–water partition coefficient (Wildman–Crippen LogP) is 1.88. The van der Waals surface area contributed by atoms with Gasteiger partial charge in [0, 0.05) is 5.56 Å². The number of rotatable bonds is 7. The monoisotopic (exact) mass is 333 g/mol. The average Bonchev–Trinajstić information content (AvgIpc) is 2.58. The number of carbonyl (C=O) groups excluding carboxylic acids is 2. The summed E-state index contributed by atoms with van der Waals surface area (Å²) in [6, 6.07) is 11.6. The largest absolute Gasteiger partial charge is 0.508 e. The third kappa shape index (κ3) is 5.28. The van der Waals surface area contributed by atoms with Gasteiger partial charge in [-0.3, -0.25) is 9.59 Å². The zero-order valence-corrected chi connectivity index (χ0v) is 12.7. The topological polar surface area (TPSA) is 84.9 Å². The highest BCUT2D eigenvalue weighted by Crippen LogP contribution is 2.14. The Kier molecular flexibility index (Phi) is 6.13. The molecule has 2 aromatic rings. The van der Waals surface area contributed by atoms with Crippen molar-refractivity contribution in [1.82, 2.24) is 5.32 Å². The van der Waals surface area contributed by atoms with Crippen molar-refractivity contribution in [2.75, 3.05) is 19.8 Å². The predicted molar refractivity (Wildman–Crippen MR) is 83.3 cm³/mol. The number of nitrogens with one attached hydrogen (secondary N) is 1. The second-order valence-corrected chi connectivity index (χ2v) is 4.73. The fraction of sp³-hybridized carbons (Fsp3) is 0.176. The van der Waals surface area contributed by atoms with Crippen LogP contribution in [0.15, 0.2) is 48.5 Å². The number of phenols is 1. The summed E-state index contributed by atoms with van der Waals surface area (Å²) in [5.74, 6) is -1.63. The fourth-order valence-corrected chi connectivity index (χ4v) is 1.82. The lowest BCUT2D eigenvalue weighted by Crippen LogP contribution is -2.31. The number of ether oxygens (including phenoxy) is 2. The summed E-state index contributed by atoms with van der Waals surface area (Å²) in [5, 5.41) is 11.7. The Morgan fingerprint density at radius 3 is 2.62 bits per heavy atom. The van der Waals surface area contributed by atoms with Gasteiger partial charge in [0.15, 0.2) is 11.6 Å². The van der Waals surface area contributed by atoms with Gasteiger partial charge in [0.25, 0.3) is 5.91 Å². The van der Waals surface area contributed by atoms with Crippen molar-refractivity contribution >= 4 is 11.9 Å². The van der Waals surface area contributed by atoms with Gasteiger partial charge in [-0.25, -0.2) is 4.39 Å². The van der Waals surface area contributed by atoms with Crippen LogP contribution in [0.4, 0.5) is 4.39 Å². The lowest BCUT2D eigenvalue weighted by molar-refractivity contribution is -0.143. The second-order valence-electron chi connectivity index (χ2n) is 4.73. The molecule has 2 N–H and O–H groups in total. The van der Waals surface area contributed by atoms with E-state index in [1.165, 1.54) is 42.5 Å². The molecule has 0 spiro atoms. The number of esters is 1. The molecule has 0 aromatic heterocycles. The molecule has 2 rings (SSSR count). The van der Waals surface area contributed by atoms with E-state index in [1.807, 2.05) is 0 Å². The first kappa shape index (κ1) is 17.3. The normalized spacial score (nSPS) is 10.0. The summed E-state index contributed by atoms with van der Waals surface area (Å²) in [6.07, 6.45) is 0.